The molecule has 1 heterocycles. The molecule has 0 aromatic heterocycles. The first-order valence-electron chi connectivity index (χ1n) is 7.96. The van der Waals surface area contributed by atoms with Crippen molar-refractivity contribution < 1.29 is 9.53 Å². The highest BCUT2D eigenvalue weighted by Crippen LogP contribution is 2.27. The Kier molecular flexibility index (Phi) is 6.21. The maximum absolute atomic E-state index is 12.4. The number of aryl methyl sites for hydroxylation is 1. The van der Waals surface area contributed by atoms with Crippen LogP contribution in [0.15, 0.2) is 18.2 Å². The van der Waals surface area contributed by atoms with Crippen LogP contribution < -0.4 is 15.4 Å². The maximum Gasteiger partial charge on any atom is 0.228 e. The average molecular weight is 305 g/mol. The van der Waals surface area contributed by atoms with Gasteiger partial charge in [-0.05, 0) is 58.1 Å². The number of carbonyl (C=O) groups excluding carboxylic acids is 1. The third-order valence-electron chi connectivity index (χ3n) is 3.86. The number of hydrogen-bond acceptors (Lipinski definition) is 4. The van der Waals surface area contributed by atoms with Crippen LogP contribution in [0, 0.1) is 12.8 Å². The number of anilines is 1. The number of nitrogens with one attached hydrogen (secondary N) is 2. The van der Waals surface area contributed by atoms with Gasteiger partial charge in [-0.25, -0.2) is 0 Å². The highest BCUT2D eigenvalue weighted by Gasteiger charge is 2.21. The molecule has 1 aromatic rings. The molecule has 2 rings (SSSR count). The molecule has 1 aromatic carbocycles. The minimum Gasteiger partial charge on any atom is -0.490 e. The van der Waals surface area contributed by atoms with E-state index in [1.54, 1.807) is 0 Å². The Hall–Kier alpha value is -1.59. The number of ether oxygens (including phenoxy) is 1. The van der Waals surface area contributed by atoms with Crippen LogP contribution in [-0.2, 0) is 4.79 Å². The molecule has 0 radical (unpaired) electrons. The van der Waals surface area contributed by atoms with E-state index in [1.165, 1.54) is 0 Å². The summed E-state index contributed by atoms with van der Waals surface area (Å²) in [5, 5.41) is 6.30. The summed E-state index contributed by atoms with van der Waals surface area (Å²) in [5.74, 6) is 0.872. The molecular formula is C17H27N3O2. The van der Waals surface area contributed by atoms with Gasteiger partial charge in [0.1, 0.15) is 12.4 Å². The van der Waals surface area contributed by atoms with Crippen molar-refractivity contribution in [1.82, 2.24) is 10.2 Å². The van der Waals surface area contributed by atoms with E-state index in [-0.39, 0.29) is 11.8 Å². The summed E-state index contributed by atoms with van der Waals surface area (Å²) in [6, 6.07) is 5.90. The highest BCUT2D eigenvalue weighted by atomic mass is 16.5. The lowest BCUT2D eigenvalue weighted by Gasteiger charge is -2.22. The van der Waals surface area contributed by atoms with Crippen LogP contribution in [0.2, 0.25) is 0 Å². The van der Waals surface area contributed by atoms with Gasteiger partial charge in [-0.2, -0.15) is 0 Å². The fraction of sp³-hybridized carbons (Fsp3) is 0.588. The van der Waals surface area contributed by atoms with Crippen LogP contribution in [0.3, 0.4) is 0 Å². The van der Waals surface area contributed by atoms with Gasteiger partial charge >= 0.3 is 0 Å². The molecule has 0 saturated carbocycles. The first-order chi connectivity index (χ1) is 10.6. The van der Waals surface area contributed by atoms with E-state index in [0.29, 0.717) is 6.61 Å². The summed E-state index contributed by atoms with van der Waals surface area (Å²) < 4.78 is 5.85. The van der Waals surface area contributed by atoms with E-state index in [0.717, 1.165) is 49.5 Å². The summed E-state index contributed by atoms with van der Waals surface area (Å²) in [7, 11) is 4.02. The van der Waals surface area contributed by atoms with Gasteiger partial charge in [-0.3, -0.25) is 4.79 Å². The minimum absolute atomic E-state index is 0.0460. The molecule has 0 aliphatic carbocycles. The molecule has 1 unspecified atom stereocenters. The predicted octanol–water partition coefficient (Wildman–Crippen LogP) is 1.87. The van der Waals surface area contributed by atoms with Gasteiger partial charge in [0.05, 0.1) is 11.6 Å². The Morgan fingerprint density at radius 2 is 2.27 bits per heavy atom. The number of rotatable bonds is 6. The number of benzene rings is 1. The molecule has 0 spiro atoms. The lowest BCUT2D eigenvalue weighted by atomic mass is 9.98. The van der Waals surface area contributed by atoms with Crippen molar-refractivity contribution in [2.24, 2.45) is 5.92 Å². The molecular weight excluding hydrogens is 278 g/mol. The maximum atomic E-state index is 12.4. The third-order valence-corrected chi connectivity index (χ3v) is 3.86. The summed E-state index contributed by atoms with van der Waals surface area (Å²) in [6.07, 6.45) is 2.00. The molecule has 122 valence electrons. The lowest BCUT2D eigenvalue weighted by molar-refractivity contribution is -0.120. The van der Waals surface area contributed by atoms with Gasteiger partial charge in [0.25, 0.3) is 0 Å². The van der Waals surface area contributed by atoms with Crippen molar-refractivity contribution in [2.75, 3.05) is 45.7 Å². The molecule has 5 heteroatoms. The fourth-order valence-corrected chi connectivity index (χ4v) is 2.50. The summed E-state index contributed by atoms with van der Waals surface area (Å²) in [5.41, 5.74) is 1.89. The minimum atomic E-state index is 0.0460. The van der Waals surface area contributed by atoms with Crippen LogP contribution in [0.5, 0.6) is 5.75 Å². The number of hydrogen-bond donors (Lipinski definition) is 2. The van der Waals surface area contributed by atoms with E-state index >= 15 is 0 Å². The zero-order valence-corrected chi connectivity index (χ0v) is 13.8. The number of carbonyl (C=O) groups is 1. The zero-order chi connectivity index (χ0) is 15.9. The Morgan fingerprint density at radius 3 is 2.95 bits per heavy atom. The SMILES string of the molecule is Cc1ccc(NC(=O)C2CCCNC2)c(OCCN(C)C)c1. The predicted molar refractivity (Wildman–Crippen MR) is 89.5 cm³/mol. The Labute approximate surface area is 133 Å². The van der Waals surface area contributed by atoms with Gasteiger partial charge in [-0.1, -0.05) is 6.07 Å². The molecule has 2 N–H and O–H groups in total. The average Bonchev–Trinajstić information content (AvgIpc) is 2.50. The van der Waals surface area contributed by atoms with Gasteiger partial charge in [0.2, 0.25) is 5.91 Å². The van der Waals surface area contributed by atoms with Crippen molar-refractivity contribution in [3.63, 3.8) is 0 Å². The van der Waals surface area contributed by atoms with Gasteiger partial charge in [-0.15, -0.1) is 0 Å². The normalized spacial score (nSPS) is 18.3. The van der Waals surface area contributed by atoms with E-state index in [1.807, 2.05) is 39.2 Å². The van der Waals surface area contributed by atoms with E-state index in [4.69, 9.17) is 4.74 Å². The van der Waals surface area contributed by atoms with Crippen LogP contribution in [0.25, 0.3) is 0 Å². The second kappa shape index (κ2) is 8.15. The molecule has 1 saturated heterocycles. The van der Waals surface area contributed by atoms with Crippen molar-refractivity contribution >= 4 is 11.6 Å². The van der Waals surface area contributed by atoms with E-state index < -0.39 is 0 Å². The third kappa shape index (κ3) is 5.00. The quantitative estimate of drug-likeness (QED) is 0.842. The van der Waals surface area contributed by atoms with E-state index in [2.05, 4.69) is 15.5 Å². The molecule has 1 atom stereocenters. The largest absolute Gasteiger partial charge is 0.490 e. The Morgan fingerprint density at radius 1 is 1.45 bits per heavy atom. The Bertz CT molecular complexity index is 497. The highest BCUT2D eigenvalue weighted by molar-refractivity contribution is 5.94. The van der Waals surface area contributed by atoms with Gasteiger partial charge in [0.15, 0.2) is 0 Å². The summed E-state index contributed by atoms with van der Waals surface area (Å²) in [4.78, 5) is 14.4. The number of piperidine rings is 1. The smallest absolute Gasteiger partial charge is 0.228 e. The van der Waals surface area contributed by atoms with Crippen molar-refractivity contribution in [2.45, 2.75) is 19.8 Å². The molecule has 1 aliphatic rings. The number of amides is 1. The van der Waals surface area contributed by atoms with Gasteiger partial charge in [0, 0.05) is 13.1 Å². The van der Waals surface area contributed by atoms with Crippen LogP contribution >= 0.6 is 0 Å². The molecule has 22 heavy (non-hydrogen) atoms. The van der Waals surface area contributed by atoms with Crippen LogP contribution in [0.4, 0.5) is 5.69 Å². The summed E-state index contributed by atoms with van der Waals surface area (Å²) in [6.45, 7) is 5.23. The van der Waals surface area contributed by atoms with E-state index in [9.17, 15) is 4.79 Å². The Balaban J connectivity index is 2.00. The standard InChI is InChI=1S/C17H27N3O2/c1-13-6-7-15(16(11-13)22-10-9-20(2)3)19-17(21)14-5-4-8-18-12-14/h6-7,11,14,18H,4-5,8-10,12H2,1-3H3,(H,19,21). The number of likely N-dealkylation sites (N-methyl/N-ethyl adjacent to an activating group) is 1. The first-order valence-corrected chi connectivity index (χ1v) is 7.96. The first kappa shape index (κ1) is 16.8. The van der Waals surface area contributed by atoms with Crippen molar-refractivity contribution in [1.29, 1.82) is 0 Å². The van der Waals surface area contributed by atoms with Crippen molar-refractivity contribution in [3.05, 3.63) is 23.8 Å². The molecule has 0 bridgehead atoms. The lowest BCUT2D eigenvalue weighted by Crippen LogP contribution is -2.37. The second-order valence-electron chi connectivity index (χ2n) is 6.18. The topological polar surface area (TPSA) is 53.6 Å². The monoisotopic (exact) mass is 305 g/mol. The van der Waals surface area contributed by atoms with Crippen LogP contribution in [0.1, 0.15) is 18.4 Å². The zero-order valence-electron chi connectivity index (χ0n) is 13.8. The van der Waals surface area contributed by atoms with Gasteiger partial charge < -0.3 is 20.3 Å². The molecule has 5 nitrogen and oxygen atoms in total. The number of nitrogens with zero attached hydrogens (tertiary/aromatic N) is 1. The van der Waals surface area contributed by atoms with Crippen molar-refractivity contribution in [3.8, 4) is 5.75 Å². The molecule has 1 aliphatic heterocycles. The molecule has 1 fully saturated rings. The fourth-order valence-electron chi connectivity index (χ4n) is 2.50. The molecule has 1 amide bonds. The van der Waals surface area contributed by atoms with Crippen LogP contribution in [-0.4, -0.2) is 51.1 Å². The second-order valence-corrected chi connectivity index (χ2v) is 6.18. The summed E-state index contributed by atoms with van der Waals surface area (Å²) >= 11 is 0.